The lowest BCUT2D eigenvalue weighted by Crippen LogP contribution is -2.33. The average Bonchev–Trinajstić information content (AvgIpc) is 3.29. The molecule has 0 spiro atoms. The SMILES string of the molecule is COc1ccc(CN(Cc2coc3ccc(C)cc3c2=O)C[C@@H]2CCCO2)c(OC)c1. The zero-order valence-electron chi connectivity index (χ0n) is 18.3. The van der Waals surface area contributed by atoms with Crippen LogP contribution in [0.2, 0.25) is 0 Å². The molecule has 1 fully saturated rings. The number of methoxy groups -OCH3 is 2. The first-order chi connectivity index (χ1) is 15.1. The Balaban J connectivity index is 1.63. The summed E-state index contributed by atoms with van der Waals surface area (Å²) >= 11 is 0. The van der Waals surface area contributed by atoms with Crippen molar-refractivity contribution in [3.63, 3.8) is 0 Å². The van der Waals surface area contributed by atoms with Gasteiger partial charge < -0.3 is 18.6 Å². The zero-order chi connectivity index (χ0) is 21.8. The van der Waals surface area contributed by atoms with Crippen molar-refractivity contribution in [3.05, 3.63) is 69.6 Å². The molecule has 1 saturated heterocycles. The lowest BCUT2D eigenvalue weighted by atomic mass is 10.1. The fourth-order valence-electron chi connectivity index (χ4n) is 4.12. The summed E-state index contributed by atoms with van der Waals surface area (Å²) in [6.45, 7) is 4.60. The van der Waals surface area contributed by atoms with Gasteiger partial charge in [-0.3, -0.25) is 9.69 Å². The summed E-state index contributed by atoms with van der Waals surface area (Å²) in [7, 11) is 3.29. The zero-order valence-corrected chi connectivity index (χ0v) is 18.3. The van der Waals surface area contributed by atoms with Crippen LogP contribution in [0.1, 0.15) is 29.5 Å². The van der Waals surface area contributed by atoms with E-state index in [0.29, 0.717) is 29.6 Å². The lowest BCUT2D eigenvalue weighted by Gasteiger charge is -2.26. The number of aryl methyl sites for hydroxylation is 1. The van der Waals surface area contributed by atoms with Crippen LogP contribution in [0.15, 0.2) is 51.9 Å². The minimum Gasteiger partial charge on any atom is -0.497 e. The van der Waals surface area contributed by atoms with Crippen LogP contribution >= 0.6 is 0 Å². The monoisotopic (exact) mass is 423 g/mol. The van der Waals surface area contributed by atoms with E-state index in [2.05, 4.69) is 4.90 Å². The highest BCUT2D eigenvalue weighted by atomic mass is 16.5. The van der Waals surface area contributed by atoms with Crippen molar-refractivity contribution in [2.75, 3.05) is 27.4 Å². The number of fused-ring (bicyclic) bond motifs is 1. The normalized spacial score (nSPS) is 16.2. The second-order valence-corrected chi connectivity index (χ2v) is 8.07. The van der Waals surface area contributed by atoms with Crippen LogP contribution in [-0.4, -0.2) is 38.4 Å². The molecule has 0 N–H and O–H groups in total. The van der Waals surface area contributed by atoms with Crippen LogP contribution in [0.25, 0.3) is 11.0 Å². The molecule has 0 radical (unpaired) electrons. The third-order valence-corrected chi connectivity index (χ3v) is 5.77. The van der Waals surface area contributed by atoms with Crippen molar-refractivity contribution < 1.29 is 18.6 Å². The van der Waals surface area contributed by atoms with E-state index in [4.69, 9.17) is 18.6 Å². The maximum atomic E-state index is 13.2. The number of ether oxygens (including phenoxy) is 3. The summed E-state index contributed by atoms with van der Waals surface area (Å²) < 4.78 is 22.6. The highest BCUT2D eigenvalue weighted by Crippen LogP contribution is 2.27. The summed E-state index contributed by atoms with van der Waals surface area (Å²) in [5.74, 6) is 1.51. The van der Waals surface area contributed by atoms with E-state index in [1.165, 1.54) is 0 Å². The molecule has 2 aromatic carbocycles. The van der Waals surface area contributed by atoms with Crippen LogP contribution in [0.5, 0.6) is 11.5 Å². The molecule has 1 aliphatic heterocycles. The number of hydrogen-bond donors (Lipinski definition) is 0. The van der Waals surface area contributed by atoms with Gasteiger partial charge in [-0.2, -0.15) is 0 Å². The highest BCUT2D eigenvalue weighted by Gasteiger charge is 2.22. The third kappa shape index (κ3) is 4.92. The van der Waals surface area contributed by atoms with E-state index < -0.39 is 0 Å². The number of benzene rings is 2. The van der Waals surface area contributed by atoms with Gasteiger partial charge in [-0.15, -0.1) is 0 Å². The van der Waals surface area contributed by atoms with Gasteiger partial charge >= 0.3 is 0 Å². The average molecular weight is 424 g/mol. The molecule has 6 heteroatoms. The third-order valence-electron chi connectivity index (χ3n) is 5.77. The molecule has 0 aliphatic carbocycles. The van der Waals surface area contributed by atoms with Gasteiger partial charge in [-0.05, 0) is 38.0 Å². The number of nitrogens with zero attached hydrogens (tertiary/aromatic N) is 1. The Kier molecular flexibility index (Phi) is 6.59. The summed E-state index contributed by atoms with van der Waals surface area (Å²) in [5.41, 5.74) is 3.34. The highest BCUT2D eigenvalue weighted by molar-refractivity contribution is 5.77. The Hall–Kier alpha value is -2.83. The molecular formula is C25H29NO5. The first-order valence-corrected chi connectivity index (χ1v) is 10.6. The smallest absolute Gasteiger partial charge is 0.197 e. The van der Waals surface area contributed by atoms with Crippen molar-refractivity contribution in [2.45, 2.75) is 39.0 Å². The van der Waals surface area contributed by atoms with Crippen molar-refractivity contribution in [3.8, 4) is 11.5 Å². The minimum atomic E-state index is 0.0176. The van der Waals surface area contributed by atoms with Crippen molar-refractivity contribution in [1.29, 1.82) is 0 Å². The summed E-state index contributed by atoms with van der Waals surface area (Å²) in [6.07, 6.45) is 3.86. The molecule has 31 heavy (non-hydrogen) atoms. The van der Waals surface area contributed by atoms with Gasteiger partial charge in [0, 0.05) is 43.4 Å². The Labute approximate surface area is 182 Å². The topological polar surface area (TPSA) is 61.1 Å². The predicted octanol–water partition coefficient (Wildman–Crippen LogP) is 4.30. The Morgan fingerprint density at radius 3 is 2.65 bits per heavy atom. The summed E-state index contributed by atoms with van der Waals surface area (Å²) in [4.78, 5) is 15.4. The molecule has 0 bridgehead atoms. The van der Waals surface area contributed by atoms with Gasteiger partial charge in [-0.1, -0.05) is 17.7 Å². The largest absolute Gasteiger partial charge is 0.497 e. The van der Waals surface area contributed by atoms with Gasteiger partial charge in [0.25, 0.3) is 0 Å². The van der Waals surface area contributed by atoms with Crippen LogP contribution in [0.3, 0.4) is 0 Å². The minimum absolute atomic E-state index is 0.0176. The van der Waals surface area contributed by atoms with E-state index in [1.807, 2.05) is 43.3 Å². The van der Waals surface area contributed by atoms with E-state index in [0.717, 1.165) is 48.6 Å². The van der Waals surface area contributed by atoms with Gasteiger partial charge in [-0.25, -0.2) is 0 Å². The maximum Gasteiger partial charge on any atom is 0.197 e. The molecule has 0 unspecified atom stereocenters. The fourth-order valence-corrected chi connectivity index (χ4v) is 4.12. The van der Waals surface area contributed by atoms with Crippen molar-refractivity contribution in [2.24, 2.45) is 0 Å². The fraction of sp³-hybridized carbons (Fsp3) is 0.400. The second kappa shape index (κ2) is 9.54. The Morgan fingerprint density at radius 1 is 1.06 bits per heavy atom. The van der Waals surface area contributed by atoms with Crippen LogP contribution in [0, 0.1) is 6.92 Å². The van der Waals surface area contributed by atoms with Crippen molar-refractivity contribution in [1.82, 2.24) is 4.90 Å². The second-order valence-electron chi connectivity index (χ2n) is 8.07. The maximum absolute atomic E-state index is 13.2. The molecule has 6 nitrogen and oxygen atoms in total. The molecule has 1 atom stereocenters. The molecule has 3 aromatic rings. The number of rotatable bonds is 8. The first kappa shape index (κ1) is 21.4. The van der Waals surface area contributed by atoms with Crippen LogP contribution < -0.4 is 14.9 Å². The van der Waals surface area contributed by atoms with Crippen LogP contribution in [0.4, 0.5) is 0 Å². The number of hydrogen-bond acceptors (Lipinski definition) is 6. The molecule has 4 rings (SSSR count). The van der Waals surface area contributed by atoms with Gasteiger partial charge in [0.1, 0.15) is 17.1 Å². The molecular weight excluding hydrogens is 394 g/mol. The molecule has 2 heterocycles. The standard InChI is InChI=1S/C25H29NO5/c1-17-6-9-23-22(11-17)25(27)19(16-31-23)14-26(15-21-5-4-10-30-21)13-18-7-8-20(28-2)12-24(18)29-3/h6-9,11-12,16,21H,4-5,10,13-15H2,1-3H3/t21-/m0/s1. The first-order valence-electron chi connectivity index (χ1n) is 10.6. The Bertz CT molecular complexity index is 1100. The molecule has 164 valence electrons. The predicted molar refractivity (Wildman–Crippen MR) is 120 cm³/mol. The van der Waals surface area contributed by atoms with E-state index in [-0.39, 0.29) is 11.5 Å². The van der Waals surface area contributed by atoms with Crippen LogP contribution in [-0.2, 0) is 17.8 Å². The van der Waals surface area contributed by atoms with E-state index >= 15 is 0 Å². The summed E-state index contributed by atoms with van der Waals surface area (Å²) in [5, 5.41) is 0.622. The molecule has 0 saturated carbocycles. The van der Waals surface area contributed by atoms with Gasteiger partial charge in [0.05, 0.1) is 32.0 Å². The van der Waals surface area contributed by atoms with Crippen molar-refractivity contribution >= 4 is 11.0 Å². The van der Waals surface area contributed by atoms with Gasteiger partial charge in [0.15, 0.2) is 5.43 Å². The van der Waals surface area contributed by atoms with E-state index in [9.17, 15) is 4.79 Å². The summed E-state index contributed by atoms with van der Waals surface area (Å²) in [6, 6.07) is 11.5. The van der Waals surface area contributed by atoms with E-state index in [1.54, 1.807) is 20.5 Å². The molecule has 1 aliphatic rings. The molecule has 1 aromatic heterocycles. The lowest BCUT2D eigenvalue weighted by molar-refractivity contribution is 0.0673. The Morgan fingerprint density at radius 2 is 1.90 bits per heavy atom. The quantitative estimate of drug-likeness (QED) is 0.538. The van der Waals surface area contributed by atoms with Gasteiger partial charge in [0.2, 0.25) is 0 Å². The molecule has 0 amide bonds.